The van der Waals surface area contributed by atoms with Gasteiger partial charge in [-0.3, -0.25) is 0 Å². The van der Waals surface area contributed by atoms with Gasteiger partial charge in [-0.05, 0) is 25.2 Å². The first-order valence-electron chi connectivity index (χ1n) is 7.02. The zero-order valence-electron chi connectivity index (χ0n) is 12.2. The van der Waals surface area contributed by atoms with Crippen LogP contribution in [0.2, 0.25) is 0 Å². The number of hydrogen-bond donors (Lipinski definition) is 0. The first-order valence-corrected chi connectivity index (χ1v) is 9.34. The lowest BCUT2D eigenvalue weighted by Gasteiger charge is -2.19. The molecule has 0 radical (unpaired) electrons. The Kier molecular flexibility index (Phi) is 5.34. The molecule has 1 fully saturated rings. The zero-order valence-corrected chi connectivity index (χ0v) is 13.9. The molecule has 118 valence electrons. The van der Waals surface area contributed by atoms with Crippen molar-refractivity contribution < 1.29 is 17.9 Å². The van der Waals surface area contributed by atoms with E-state index in [1.807, 2.05) is 0 Å². The number of rotatable bonds is 4. The summed E-state index contributed by atoms with van der Waals surface area (Å²) >= 11 is 0.966. The van der Waals surface area contributed by atoms with Crippen molar-refractivity contribution in [2.75, 3.05) is 20.2 Å². The second-order valence-electron chi connectivity index (χ2n) is 5.09. The molecule has 2 heterocycles. The van der Waals surface area contributed by atoms with Crippen molar-refractivity contribution in [2.45, 2.75) is 36.8 Å². The molecule has 0 amide bonds. The molecule has 1 aromatic rings. The molecule has 0 N–H and O–H groups in total. The van der Waals surface area contributed by atoms with E-state index in [9.17, 15) is 13.2 Å². The number of hydrogen-bond acceptors (Lipinski definition) is 6. The van der Waals surface area contributed by atoms with Crippen molar-refractivity contribution in [3.63, 3.8) is 0 Å². The summed E-state index contributed by atoms with van der Waals surface area (Å²) in [7, 11) is -2.45. The third-order valence-electron chi connectivity index (χ3n) is 3.87. The highest BCUT2D eigenvalue weighted by Crippen LogP contribution is 2.28. The number of sulfonamides is 1. The minimum atomic E-state index is -3.67. The lowest BCUT2D eigenvalue weighted by atomic mass is 9.98. The van der Waals surface area contributed by atoms with Gasteiger partial charge in [0.05, 0.1) is 12.6 Å². The first-order chi connectivity index (χ1) is 10.0. The van der Waals surface area contributed by atoms with Crippen LogP contribution in [0.15, 0.2) is 9.72 Å². The number of nitrogens with zero attached hydrogens (tertiary/aromatic N) is 2. The van der Waals surface area contributed by atoms with Crippen LogP contribution in [0.1, 0.15) is 43.1 Å². The monoisotopic (exact) mass is 332 g/mol. The molecule has 0 saturated carbocycles. The summed E-state index contributed by atoms with van der Waals surface area (Å²) in [6.45, 7) is 3.13. The maximum Gasteiger partial charge on any atom is 0.358 e. The minimum absolute atomic E-state index is 0.00991. The zero-order chi connectivity index (χ0) is 15.5. The quantitative estimate of drug-likeness (QED) is 0.790. The van der Waals surface area contributed by atoms with Crippen molar-refractivity contribution in [3.8, 4) is 0 Å². The number of esters is 1. The van der Waals surface area contributed by atoms with Crippen LogP contribution in [0.25, 0.3) is 0 Å². The van der Waals surface area contributed by atoms with E-state index in [0.717, 1.165) is 37.0 Å². The topological polar surface area (TPSA) is 76.6 Å². The van der Waals surface area contributed by atoms with Crippen molar-refractivity contribution in [1.82, 2.24) is 9.29 Å². The van der Waals surface area contributed by atoms with Crippen LogP contribution in [-0.4, -0.2) is 43.9 Å². The molecule has 1 unspecified atom stereocenters. The fourth-order valence-electron chi connectivity index (χ4n) is 2.56. The van der Waals surface area contributed by atoms with Crippen LogP contribution in [0.5, 0.6) is 0 Å². The van der Waals surface area contributed by atoms with Crippen molar-refractivity contribution in [2.24, 2.45) is 5.92 Å². The largest absolute Gasteiger partial charge is 0.464 e. The summed E-state index contributed by atoms with van der Waals surface area (Å²) in [5.41, 5.74) is 1.25. The molecule has 1 aliphatic rings. The Labute approximate surface area is 129 Å². The molecule has 0 spiro atoms. The Balaban J connectivity index is 2.26. The predicted octanol–water partition coefficient (Wildman–Crippen LogP) is 2.13. The van der Waals surface area contributed by atoms with Gasteiger partial charge < -0.3 is 4.74 Å². The van der Waals surface area contributed by atoms with E-state index in [-0.39, 0.29) is 9.90 Å². The van der Waals surface area contributed by atoms with Gasteiger partial charge in [0.25, 0.3) is 10.0 Å². The van der Waals surface area contributed by atoms with Crippen molar-refractivity contribution in [1.29, 1.82) is 0 Å². The minimum Gasteiger partial charge on any atom is -0.464 e. The van der Waals surface area contributed by atoms with Gasteiger partial charge in [0, 0.05) is 13.1 Å². The summed E-state index contributed by atoms with van der Waals surface area (Å²) in [6, 6.07) is 0. The normalized spacial score (nSPS) is 21.0. The van der Waals surface area contributed by atoms with Crippen molar-refractivity contribution >= 4 is 27.3 Å². The molecule has 0 bridgehead atoms. The fraction of sp³-hybridized carbons (Fsp3) is 0.692. The molecule has 1 saturated heterocycles. The van der Waals surface area contributed by atoms with Crippen LogP contribution < -0.4 is 0 Å². The summed E-state index contributed by atoms with van der Waals surface area (Å²) in [6.07, 6.45) is 3.84. The predicted molar refractivity (Wildman–Crippen MR) is 79.8 cm³/mol. The SMILES string of the molecule is CCC1CCCN(S(=O)(=O)c2scnc2C(=O)OC)CC1. The lowest BCUT2D eigenvalue weighted by Crippen LogP contribution is -2.32. The summed E-state index contributed by atoms with van der Waals surface area (Å²) in [5, 5.41) is 0. The van der Waals surface area contributed by atoms with Gasteiger partial charge in [-0.2, -0.15) is 4.31 Å². The second kappa shape index (κ2) is 6.85. The summed E-state index contributed by atoms with van der Waals surface area (Å²) < 4.78 is 31.5. The van der Waals surface area contributed by atoms with E-state index in [1.165, 1.54) is 16.9 Å². The highest BCUT2D eigenvalue weighted by Gasteiger charge is 2.33. The number of aromatic nitrogens is 1. The van der Waals surface area contributed by atoms with Gasteiger partial charge in [-0.15, -0.1) is 11.3 Å². The van der Waals surface area contributed by atoms with E-state index in [2.05, 4.69) is 16.6 Å². The van der Waals surface area contributed by atoms with E-state index in [1.54, 1.807) is 0 Å². The number of methoxy groups -OCH3 is 1. The maximum atomic E-state index is 12.7. The van der Waals surface area contributed by atoms with Gasteiger partial charge >= 0.3 is 5.97 Å². The highest BCUT2D eigenvalue weighted by molar-refractivity contribution is 7.91. The van der Waals surface area contributed by atoms with Crippen LogP contribution in [0, 0.1) is 5.92 Å². The van der Waals surface area contributed by atoms with E-state index >= 15 is 0 Å². The molecule has 21 heavy (non-hydrogen) atoms. The molecular weight excluding hydrogens is 312 g/mol. The highest BCUT2D eigenvalue weighted by atomic mass is 32.2. The molecule has 1 aliphatic heterocycles. The number of ether oxygens (including phenoxy) is 1. The van der Waals surface area contributed by atoms with Crippen molar-refractivity contribution in [3.05, 3.63) is 11.2 Å². The molecule has 1 aromatic heterocycles. The molecule has 6 nitrogen and oxygen atoms in total. The van der Waals surface area contributed by atoms with Gasteiger partial charge in [-0.1, -0.05) is 13.3 Å². The average molecular weight is 332 g/mol. The summed E-state index contributed by atoms with van der Waals surface area (Å²) in [4.78, 5) is 15.5. The third-order valence-corrected chi connectivity index (χ3v) is 7.12. The van der Waals surface area contributed by atoms with E-state index in [4.69, 9.17) is 0 Å². The van der Waals surface area contributed by atoms with Crippen LogP contribution in [-0.2, 0) is 14.8 Å². The van der Waals surface area contributed by atoms with Gasteiger partial charge in [-0.25, -0.2) is 18.2 Å². The Morgan fingerprint density at radius 3 is 2.90 bits per heavy atom. The maximum absolute atomic E-state index is 12.7. The Morgan fingerprint density at radius 1 is 1.48 bits per heavy atom. The van der Waals surface area contributed by atoms with Crippen LogP contribution in [0.4, 0.5) is 0 Å². The average Bonchev–Trinajstić information content (AvgIpc) is 2.85. The summed E-state index contributed by atoms with van der Waals surface area (Å²) in [5.74, 6) is -0.136. The van der Waals surface area contributed by atoms with Crippen LogP contribution >= 0.6 is 11.3 Å². The lowest BCUT2D eigenvalue weighted by molar-refractivity contribution is 0.0590. The standard InChI is InChI=1S/C13H20N2O4S2/c1-3-10-5-4-7-15(8-6-10)21(17,18)13-11(12(16)19-2)14-9-20-13/h9-10H,3-8H2,1-2H3. The first kappa shape index (κ1) is 16.4. The number of carbonyl (C=O) groups excluding carboxylic acids is 1. The Bertz CT molecular complexity index is 597. The van der Waals surface area contributed by atoms with Crippen LogP contribution in [0.3, 0.4) is 0 Å². The Morgan fingerprint density at radius 2 is 2.24 bits per heavy atom. The number of carbonyl (C=O) groups is 1. The van der Waals surface area contributed by atoms with Gasteiger partial charge in [0.15, 0.2) is 9.90 Å². The van der Waals surface area contributed by atoms with E-state index < -0.39 is 16.0 Å². The second-order valence-corrected chi connectivity index (χ2v) is 8.08. The van der Waals surface area contributed by atoms with E-state index in [0.29, 0.717) is 19.0 Å². The molecule has 8 heteroatoms. The third kappa shape index (κ3) is 3.44. The smallest absolute Gasteiger partial charge is 0.358 e. The molecule has 2 rings (SSSR count). The molecule has 0 aromatic carbocycles. The molecule has 0 aliphatic carbocycles. The molecule has 1 atom stereocenters. The number of thiazole rings is 1. The van der Waals surface area contributed by atoms with Gasteiger partial charge in [0.2, 0.25) is 0 Å². The Hall–Kier alpha value is -0.990. The molecular formula is C13H20N2O4S2. The fourth-order valence-corrected chi connectivity index (χ4v) is 5.32. The van der Waals surface area contributed by atoms with Gasteiger partial charge in [0.1, 0.15) is 0 Å².